The average Bonchev–Trinajstić information content (AvgIpc) is 3.11. The lowest BCUT2D eigenvalue weighted by atomic mass is 10.0. The van der Waals surface area contributed by atoms with Gasteiger partial charge in [-0.25, -0.2) is 13.5 Å². The van der Waals surface area contributed by atoms with Crippen LogP contribution in [0.2, 0.25) is 5.15 Å². The zero-order valence-corrected chi connectivity index (χ0v) is 17.5. The lowest BCUT2D eigenvalue weighted by molar-refractivity contribution is -0.117. The van der Waals surface area contributed by atoms with Gasteiger partial charge in [0, 0.05) is 17.9 Å². The third kappa shape index (κ3) is 4.28. The monoisotopic (exact) mass is 433 g/mol. The SMILES string of the molecule is C/C=C(\C=C/C(=O)C(C)C)c1c(Cl)nc(=N)n2c1NC(Cc1c(F)cccc1F)N2. The summed E-state index contributed by atoms with van der Waals surface area (Å²) in [6, 6.07) is 3.70. The van der Waals surface area contributed by atoms with Crippen LogP contribution in [0, 0.1) is 23.0 Å². The maximum absolute atomic E-state index is 14.1. The molecule has 1 atom stereocenters. The third-order valence-corrected chi connectivity index (χ3v) is 5.02. The topological polar surface area (TPSA) is 82.8 Å². The molecule has 1 aliphatic heterocycles. The van der Waals surface area contributed by atoms with E-state index in [0.29, 0.717) is 17.0 Å². The second-order valence-electron chi connectivity index (χ2n) is 7.15. The van der Waals surface area contributed by atoms with Crippen molar-refractivity contribution in [2.24, 2.45) is 5.92 Å². The molecule has 1 aromatic carbocycles. The van der Waals surface area contributed by atoms with Gasteiger partial charge in [-0.1, -0.05) is 43.7 Å². The summed E-state index contributed by atoms with van der Waals surface area (Å²) in [5.41, 5.74) is 3.84. The van der Waals surface area contributed by atoms with E-state index in [4.69, 9.17) is 17.0 Å². The Kier molecular flexibility index (Phi) is 6.36. The van der Waals surface area contributed by atoms with Crippen LogP contribution in [0.25, 0.3) is 5.57 Å². The van der Waals surface area contributed by atoms with E-state index in [-0.39, 0.29) is 34.5 Å². The number of ketones is 1. The Morgan fingerprint density at radius 2 is 2.00 bits per heavy atom. The minimum Gasteiger partial charge on any atom is -0.348 e. The highest BCUT2D eigenvalue weighted by atomic mass is 35.5. The smallest absolute Gasteiger partial charge is 0.244 e. The number of allylic oxidation sites excluding steroid dienone is 4. The van der Waals surface area contributed by atoms with E-state index in [1.165, 1.54) is 29.0 Å². The van der Waals surface area contributed by atoms with Crippen molar-refractivity contribution >= 4 is 28.8 Å². The molecule has 1 aromatic heterocycles. The van der Waals surface area contributed by atoms with Gasteiger partial charge in [0.25, 0.3) is 0 Å². The number of rotatable bonds is 6. The van der Waals surface area contributed by atoms with Gasteiger partial charge < -0.3 is 5.32 Å². The molecule has 3 N–H and O–H groups in total. The van der Waals surface area contributed by atoms with Crippen molar-refractivity contribution in [3.05, 3.63) is 70.0 Å². The largest absolute Gasteiger partial charge is 0.348 e. The molecule has 0 fully saturated rings. The second kappa shape index (κ2) is 8.79. The number of halogens is 3. The quantitative estimate of drug-likeness (QED) is 0.365. The molecule has 0 bridgehead atoms. The van der Waals surface area contributed by atoms with E-state index in [1.807, 2.05) is 0 Å². The summed E-state index contributed by atoms with van der Waals surface area (Å²) < 4.78 is 29.5. The van der Waals surface area contributed by atoms with Crippen molar-refractivity contribution < 1.29 is 13.6 Å². The number of aromatic nitrogens is 2. The van der Waals surface area contributed by atoms with E-state index in [1.54, 1.807) is 32.9 Å². The molecule has 9 heteroatoms. The molecule has 2 heterocycles. The Balaban J connectivity index is 1.97. The van der Waals surface area contributed by atoms with Gasteiger partial charge in [0.1, 0.15) is 28.8 Å². The Bertz CT molecular complexity index is 1090. The first kappa shape index (κ1) is 21.7. The molecule has 158 valence electrons. The van der Waals surface area contributed by atoms with Crippen molar-refractivity contribution in [3.63, 3.8) is 0 Å². The summed E-state index contributed by atoms with van der Waals surface area (Å²) in [6.45, 7) is 5.39. The van der Waals surface area contributed by atoms with Gasteiger partial charge in [-0.3, -0.25) is 15.6 Å². The number of hydrogen-bond donors (Lipinski definition) is 3. The summed E-state index contributed by atoms with van der Waals surface area (Å²) in [6.07, 6.45) is 4.27. The summed E-state index contributed by atoms with van der Waals surface area (Å²) in [4.78, 5) is 16.0. The Hall–Kier alpha value is -3.00. The fraction of sp³-hybridized carbons (Fsp3) is 0.286. The van der Waals surface area contributed by atoms with Crippen LogP contribution >= 0.6 is 11.6 Å². The maximum Gasteiger partial charge on any atom is 0.244 e. The van der Waals surface area contributed by atoms with Crippen molar-refractivity contribution in [1.29, 1.82) is 5.41 Å². The molecule has 0 spiro atoms. The number of hydrogen-bond acceptors (Lipinski definition) is 5. The van der Waals surface area contributed by atoms with Crippen LogP contribution in [0.1, 0.15) is 31.9 Å². The maximum atomic E-state index is 14.1. The van der Waals surface area contributed by atoms with Gasteiger partial charge >= 0.3 is 0 Å². The first-order chi connectivity index (χ1) is 14.2. The summed E-state index contributed by atoms with van der Waals surface area (Å²) in [7, 11) is 0. The van der Waals surface area contributed by atoms with Crippen LogP contribution in [0.3, 0.4) is 0 Å². The number of fused-ring (bicyclic) bond motifs is 1. The lowest BCUT2D eigenvalue weighted by Gasteiger charge is -2.13. The average molecular weight is 434 g/mol. The predicted molar refractivity (Wildman–Crippen MR) is 113 cm³/mol. The molecule has 0 aliphatic carbocycles. The highest BCUT2D eigenvalue weighted by Crippen LogP contribution is 2.32. The molecule has 0 saturated carbocycles. The van der Waals surface area contributed by atoms with Crippen molar-refractivity contribution in [2.75, 3.05) is 10.7 Å². The minimum atomic E-state index is -0.647. The van der Waals surface area contributed by atoms with Gasteiger partial charge in [0.2, 0.25) is 5.62 Å². The van der Waals surface area contributed by atoms with Gasteiger partial charge in [0.05, 0.1) is 5.56 Å². The van der Waals surface area contributed by atoms with Crippen LogP contribution < -0.4 is 16.4 Å². The molecule has 0 amide bonds. The number of nitrogens with zero attached hydrogens (tertiary/aromatic N) is 2. The van der Waals surface area contributed by atoms with Crippen LogP contribution in [0.4, 0.5) is 14.6 Å². The standard InChI is InChI=1S/C21H22ClF2N5O/c1-4-12(8-9-16(30)11(2)3)18-19(22)27-21(25)29-20(18)26-17(28-29)10-13-14(23)6-5-7-15(13)24/h4-9,11,17,25-26,28H,10H2,1-3H3/b9-8-,12-4+,25-21?. The highest BCUT2D eigenvalue weighted by Gasteiger charge is 2.28. The zero-order chi connectivity index (χ0) is 22.0. The molecular formula is C21H22ClF2N5O. The fourth-order valence-electron chi connectivity index (χ4n) is 3.10. The van der Waals surface area contributed by atoms with Crippen molar-refractivity contribution in [2.45, 2.75) is 33.4 Å². The number of nitrogens with one attached hydrogen (secondary N) is 3. The van der Waals surface area contributed by atoms with Gasteiger partial charge in [0.15, 0.2) is 5.78 Å². The Morgan fingerprint density at radius 1 is 1.33 bits per heavy atom. The normalized spacial score (nSPS) is 16.0. The van der Waals surface area contributed by atoms with E-state index in [0.717, 1.165) is 0 Å². The summed E-state index contributed by atoms with van der Waals surface area (Å²) in [5, 5.41) is 11.3. The molecule has 6 nitrogen and oxygen atoms in total. The molecule has 30 heavy (non-hydrogen) atoms. The van der Waals surface area contributed by atoms with Crippen molar-refractivity contribution in [1.82, 2.24) is 9.66 Å². The van der Waals surface area contributed by atoms with Gasteiger partial charge in [-0.05, 0) is 30.7 Å². The molecule has 0 saturated heterocycles. The predicted octanol–water partition coefficient (Wildman–Crippen LogP) is 4.02. The second-order valence-corrected chi connectivity index (χ2v) is 7.51. The first-order valence-electron chi connectivity index (χ1n) is 9.44. The van der Waals surface area contributed by atoms with E-state index >= 15 is 0 Å². The van der Waals surface area contributed by atoms with Crippen LogP contribution in [0.15, 0.2) is 36.4 Å². The van der Waals surface area contributed by atoms with E-state index < -0.39 is 17.8 Å². The number of benzene rings is 1. The fourth-order valence-corrected chi connectivity index (χ4v) is 3.38. The minimum absolute atomic E-state index is 0.0104. The Labute approximate surface area is 177 Å². The lowest BCUT2D eigenvalue weighted by Crippen LogP contribution is -2.33. The highest BCUT2D eigenvalue weighted by molar-refractivity contribution is 6.31. The molecule has 2 aromatic rings. The third-order valence-electron chi connectivity index (χ3n) is 4.74. The van der Waals surface area contributed by atoms with E-state index in [9.17, 15) is 13.6 Å². The molecule has 0 radical (unpaired) electrons. The molecule has 3 rings (SSSR count). The molecule has 1 unspecified atom stereocenters. The van der Waals surface area contributed by atoms with Crippen LogP contribution in [0.5, 0.6) is 0 Å². The van der Waals surface area contributed by atoms with Crippen LogP contribution in [-0.2, 0) is 11.2 Å². The molecule has 1 aliphatic rings. The van der Waals surface area contributed by atoms with Crippen molar-refractivity contribution in [3.8, 4) is 0 Å². The Morgan fingerprint density at radius 3 is 2.60 bits per heavy atom. The van der Waals surface area contributed by atoms with Crippen LogP contribution in [-0.4, -0.2) is 21.6 Å². The van der Waals surface area contributed by atoms with Gasteiger partial charge in [-0.2, -0.15) is 4.98 Å². The summed E-state index contributed by atoms with van der Waals surface area (Å²) in [5.74, 6) is -1.06. The number of carbonyl (C=O) groups excluding carboxylic acids is 1. The summed E-state index contributed by atoms with van der Waals surface area (Å²) >= 11 is 6.33. The first-order valence-corrected chi connectivity index (χ1v) is 9.82. The number of anilines is 1. The molecular weight excluding hydrogens is 412 g/mol. The van der Waals surface area contributed by atoms with Gasteiger partial charge in [-0.15, -0.1) is 0 Å². The number of carbonyl (C=O) groups is 1. The van der Waals surface area contributed by atoms with E-state index in [2.05, 4.69) is 15.7 Å². The zero-order valence-electron chi connectivity index (χ0n) is 16.8.